The predicted octanol–water partition coefficient (Wildman–Crippen LogP) is 1.68. The summed E-state index contributed by atoms with van der Waals surface area (Å²) < 4.78 is 0.782. The lowest BCUT2D eigenvalue weighted by molar-refractivity contribution is -0.385. The number of nitro benzene ring substituents is 1. The zero-order valence-electron chi connectivity index (χ0n) is 10.4. The van der Waals surface area contributed by atoms with Crippen LogP contribution in [0.5, 0.6) is 0 Å². The quantitative estimate of drug-likeness (QED) is 0.674. The monoisotopic (exact) mass is 327 g/mol. The van der Waals surface area contributed by atoms with Gasteiger partial charge >= 0.3 is 0 Å². The van der Waals surface area contributed by atoms with Crippen LogP contribution in [0.2, 0.25) is 0 Å². The molecule has 2 rings (SSSR count). The molecule has 1 N–H and O–H groups in total. The number of nitro groups is 1. The molecule has 0 saturated carbocycles. The molecule has 1 saturated heterocycles. The number of likely N-dealkylation sites (N-methyl/N-ethyl adjacent to an activating group) is 1. The van der Waals surface area contributed by atoms with E-state index in [1.54, 1.807) is 24.1 Å². The van der Waals surface area contributed by atoms with Crippen LogP contribution in [0.4, 0.5) is 5.69 Å². The van der Waals surface area contributed by atoms with Gasteiger partial charge in [0.2, 0.25) is 5.91 Å². The summed E-state index contributed by atoms with van der Waals surface area (Å²) in [6.07, 6.45) is 0.733. The van der Waals surface area contributed by atoms with Gasteiger partial charge in [0.05, 0.1) is 11.0 Å². The maximum atomic E-state index is 11.7. The summed E-state index contributed by atoms with van der Waals surface area (Å²) in [5.74, 6) is 0.0395. The van der Waals surface area contributed by atoms with Crippen LogP contribution in [0.25, 0.3) is 0 Å². The Hall–Kier alpha value is -1.47. The van der Waals surface area contributed by atoms with Crippen LogP contribution in [0.15, 0.2) is 22.7 Å². The average molecular weight is 328 g/mol. The molecule has 6 nitrogen and oxygen atoms in total. The van der Waals surface area contributed by atoms with Crippen molar-refractivity contribution in [2.75, 3.05) is 13.6 Å². The normalized spacial score (nSPS) is 18.9. The molecule has 0 radical (unpaired) electrons. The summed E-state index contributed by atoms with van der Waals surface area (Å²) >= 11 is 3.29. The molecule has 1 aliphatic heterocycles. The van der Waals surface area contributed by atoms with Gasteiger partial charge < -0.3 is 10.2 Å². The molecule has 1 atom stereocenters. The number of carbonyl (C=O) groups excluding carboxylic acids is 1. The lowest BCUT2D eigenvalue weighted by Gasteiger charge is -2.12. The highest BCUT2D eigenvalue weighted by molar-refractivity contribution is 9.10. The first-order chi connectivity index (χ1) is 8.99. The summed E-state index contributed by atoms with van der Waals surface area (Å²) in [6, 6.07) is 4.55. The molecule has 19 heavy (non-hydrogen) atoms. The highest BCUT2D eigenvalue weighted by Gasteiger charge is 2.28. The second-order valence-electron chi connectivity index (χ2n) is 4.51. The van der Waals surface area contributed by atoms with Gasteiger partial charge in [0.25, 0.3) is 5.69 Å². The van der Waals surface area contributed by atoms with E-state index in [1.807, 2.05) is 0 Å². The molecule has 1 heterocycles. The van der Waals surface area contributed by atoms with Gasteiger partial charge in [-0.05, 0) is 18.6 Å². The molecular weight excluding hydrogens is 314 g/mol. The molecular formula is C12H14BrN3O3. The van der Waals surface area contributed by atoms with E-state index in [0.29, 0.717) is 12.1 Å². The third-order valence-electron chi connectivity index (χ3n) is 3.20. The Morgan fingerprint density at radius 3 is 2.89 bits per heavy atom. The number of benzene rings is 1. The van der Waals surface area contributed by atoms with Crippen molar-refractivity contribution in [3.8, 4) is 0 Å². The van der Waals surface area contributed by atoms with Crippen LogP contribution in [-0.2, 0) is 11.3 Å². The lowest BCUT2D eigenvalue weighted by atomic mass is 10.1. The Labute approximate surface area is 119 Å². The summed E-state index contributed by atoms with van der Waals surface area (Å²) in [4.78, 5) is 23.9. The van der Waals surface area contributed by atoms with Crippen LogP contribution in [-0.4, -0.2) is 35.4 Å². The minimum absolute atomic E-state index is 0.0395. The van der Waals surface area contributed by atoms with E-state index in [1.165, 1.54) is 6.07 Å². The molecule has 1 aromatic carbocycles. The van der Waals surface area contributed by atoms with Gasteiger partial charge in [0, 0.05) is 36.2 Å². The van der Waals surface area contributed by atoms with Crippen molar-refractivity contribution >= 4 is 27.5 Å². The first kappa shape index (κ1) is 14.0. The van der Waals surface area contributed by atoms with Crippen molar-refractivity contribution < 1.29 is 9.72 Å². The Kier molecular flexibility index (Phi) is 4.16. The molecule has 0 aromatic heterocycles. The summed E-state index contributed by atoms with van der Waals surface area (Å²) in [6.45, 7) is 1.02. The number of halogens is 1. The molecule has 0 spiro atoms. The van der Waals surface area contributed by atoms with Crippen LogP contribution in [0, 0.1) is 10.1 Å². The highest BCUT2D eigenvalue weighted by Crippen LogP contribution is 2.23. The molecule has 1 amide bonds. The number of amides is 1. The zero-order chi connectivity index (χ0) is 14.0. The van der Waals surface area contributed by atoms with Gasteiger partial charge in [-0.2, -0.15) is 0 Å². The van der Waals surface area contributed by atoms with Crippen LogP contribution < -0.4 is 5.32 Å². The van der Waals surface area contributed by atoms with Crippen LogP contribution in [0.3, 0.4) is 0 Å². The first-order valence-corrected chi connectivity index (χ1v) is 6.69. The molecule has 1 unspecified atom stereocenters. The number of likely N-dealkylation sites (tertiary alicyclic amines) is 1. The van der Waals surface area contributed by atoms with E-state index in [-0.39, 0.29) is 17.6 Å². The Morgan fingerprint density at radius 2 is 2.32 bits per heavy atom. The Morgan fingerprint density at radius 1 is 1.58 bits per heavy atom. The molecule has 1 fully saturated rings. The Bertz CT molecular complexity index is 521. The lowest BCUT2D eigenvalue weighted by Crippen LogP contribution is -2.36. The maximum Gasteiger partial charge on any atom is 0.273 e. The smallest absolute Gasteiger partial charge is 0.273 e. The van der Waals surface area contributed by atoms with Gasteiger partial charge in [-0.1, -0.05) is 15.9 Å². The van der Waals surface area contributed by atoms with Crippen molar-refractivity contribution in [1.29, 1.82) is 0 Å². The minimum Gasteiger partial charge on any atom is -0.344 e. The van der Waals surface area contributed by atoms with Crippen molar-refractivity contribution in [3.63, 3.8) is 0 Å². The van der Waals surface area contributed by atoms with Crippen LogP contribution >= 0.6 is 15.9 Å². The third kappa shape index (κ3) is 3.10. The van der Waals surface area contributed by atoms with E-state index < -0.39 is 4.92 Å². The van der Waals surface area contributed by atoms with Crippen molar-refractivity contribution in [3.05, 3.63) is 38.3 Å². The Balaban J connectivity index is 2.09. The topological polar surface area (TPSA) is 75.5 Å². The average Bonchev–Trinajstić information content (AvgIpc) is 2.67. The van der Waals surface area contributed by atoms with Crippen molar-refractivity contribution in [1.82, 2.24) is 10.2 Å². The molecule has 7 heteroatoms. The van der Waals surface area contributed by atoms with Gasteiger partial charge in [-0.15, -0.1) is 0 Å². The highest BCUT2D eigenvalue weighted by atomic mass is 79.9. The van der Waals surface area contributed by atoms with Crippen molar-refractivity contribution in [2.24, 2.45) is 0 Å². The number of rotatable bonds is 4. The van der Waals surface area contributed by atoms with Gasteiger partial charge in [0.1, 0.15) is 0 Å². The second-order valence-corrected chi connectivity index (χ2v) is 5.43. The van der Waals surface area contributed by atoms with Gasteiger partial charge in [0.15, 0.2) is 0 Å². The fraction of sp³-hybridized carbons (Fsp3) is 0.417. The van der Waals surface area contributed by atoms with Crippen molar-refractivity contribution in [2.45, 2.75) is 19.0 Å². The summed E-state index contributed by atoms with van der Waals surface area (Å²) in [7, 11) is 1.76. The SMILES string of the molecule is CN1CCC(NCc2cc(Br)ccc2[N+](=O)[O-])C1=O. The van der Waals surface area contributed by atoms with E-state index >= 15 is 0 Å². The van der Waals surface area contributed by atoms with E-state index in [9.17, 15) is 14.9 Å². The predicted molar refractivity (Wildman–Crippen MR) is 73.7 cm³/mol. The molecule has 102 valence electrons. The van der Waals surface area contributed by atoms with E-state index in [2.05, 4.69) is 21.2 Å². The largest absolute Gasteiger partial charge is 0.344 e. The molecule has 1 aromatic rings. The second kappa shape index (κ2) is 5.66. The fourth-order valence-electron chi connectivity index (χ4n) is 2.12. The number of hydrogen-bond acceptors (Lipinski definition) is 4. The number of carbonyl (C=O) groups is 1. The molecule has 0 bridgehead atoms. The standard InChI is InChI=1S/C12H14BrN3O3/c1-15-5-4-10(12(15)17)14-7-8-6-9(13)2-3-11(8)16(18)19/h2-3,6,10,14H,4-5,7H2,1H3. The summed E-state index contributed by atoms with van der Waals surface area (Å²) in [5.41, 5.74) is 0.635. The number of nitrogens with zero attached hydrogens (tertiary/aromatic N) is 2. The maximum absolute atomic E-state index is 11.7. The minimum atomic E-state index is -0.411. The fourth-order valence-corrected chi connectivity index (χ4v) is 2.53. The summed E-state index contributed by atoms with van der Waals surface area (Å²) in [5, 5.41) is 14.0. The molecule has 1 aliphatic rings. The molecule has 0 aliphatic carbocycles. The number of nitrogens with one attached hydrogen (secondary N) is 1. The van der Waals surface area contributed by atoms with Gasteiger partial charge in [-0.25, -0.2) is 0 Å². The third-order valence-corrected chi connectivity index (χ3v) is 3.70. The number of hydrogen-bond donors (Lipinski definition) is 1. The van der Waals surface area contributed by atoms with Gasteiger partial charge in [-0.3, -0.25) is 14.9 Å². The van der Waals surface area contributed by atoms with E-state index in [4.69, 9.17) is 0 Å². The van der Waals surface area contributed by atoms with E-state index in [0.717, 1.165) is 17.4 Å². The van der Waals surface area contributed by atoms with Crippen LogP contribution in [0.1, 0.15) is 12.0 Å². The first-order valence-electron chi connectivity index (χ1n) is 5.90. The zero-order valence-corrected chi connectivity index (χ0v) is 12.0.